The van der Waals surface area contributed by atoms with E-state index in [1.807, 2.05) is 30.3 Å². The third-order valence-electron chi connectivity index (χ3n) is 4.48. The second-order valence-electron chi connectivity index (χ2n) is 6.25. The summed E-state index contributed by atoms with van der Waals surface area (Å²) < 4.78 is 0. The lowest BCUT2D eigenvalue weighted by Gasteiger charge is -2.38. The van der Waals surface area contributed by atoms with Gasteiger partial charge in [-0.1, -0.05) is 30.3 Å². The van der Waals surface area contributed by atoms with E-state index in [1.54, 1.807) is 0 Å². The van der Waals surface area contributed by atoms with Gasteiger partial charge >= 0.3 is 0 Å². The Morgan fingerprint density at radius 3 is 2.62 bits per heavy atom. The Bertz CT molecular complexity index is 766. The largest absolute Gasteiger partial charge is 0.507 e. The van der Waals surface area contributed by atoms with Crippen LogP contribution in [-0.2, 0) is 6.42 Å². The summed E-state index contributed by atoms with van der Waals surface area (Å²) in [6.07, 6.45) is 2.84. The van der Waals surface area contributed by atoms with Crippen LogP contribution in [0.3, 0.4) is 0 Å². The van der Waals surface area contributed by atoms with Crippen LogP contribution in [0, 0.1) is 5.92 Å². The molecule has 0 radical (unpaired) electrons. The number of hydrogen-bond acceptors (Lipinski definition) is 4. The summed E-state index contributed by atoms with van der Waals surface area (Å²) in [4.78, 5) is 26.0. The van der Waals surface area contributed by atoms with E-state index in [-0.39, 0.29) is 29.4 Å². The molecule has 1 aromatic carbocycles. The molecule has 1 aliphatic carbocycles. The van der Waals surface area contributed by atoms with E-state index < -0.39 is 11.5 Å². The first-order valence-electron chi connectivity index (χ1n) is 7.97. The number of carbonyl (C=O) groups is 1. The van der Waals surface area contributed by atoms with Gasteiger partial charge < -0.3 is 20.5 Å². The van der Waals surface area contributed by atoms with Crippen LogP contribution in [0.1, 0.15) is 28.8 Å². The number of pyridine rings is 1. The second kappa shape index (κ2) is 6.88. The van der Waals surface area contributed by atoms with Gasteiger partial charge in [-0.2, -0.15) is 0 Å². The van der Waals surface area contributed by atoms with Gasteiger partial charge in [0.15, 0.2) is 0 Å². The van der Waals surface area contributed by atoms with Crippen LogP contribution in [-0.4, -0.2) is 33.3 Å². The maximum Gasteiger partial charge on any atom is 0.256 e. The van der Waals surface area contributed by atoms with Gasteiger partial charge in [-0.05, 0) is 30.7 Å². The number of aromatic amines is 1. The number of hydrogen-bond donors (Lipinski definition) is 4. The number of aliphatic hydroxyl groups is 1. The van der Waals surface area contributed by atoms with Crippen LogP contribution < -0.4 is 10.9 Å². The number of carbonyl (C=O) groups excluding carboxylic acids is 1. The molecule has 0 saturated heterocycles. The fourth-order valence-electron chi connectivity index (χ4n) is 3.05. The summed E-state index contributed by atoms with van der Waals surface area (Å²) in [5, 5.41) is 22.3. The van der Waals surface area contributed by atoms with Crippen molar-refractivity contribution >= 4 is 5.91 Å². The van der Waals surface area contributed by atoms with E-state index in [0.29, 0.717) is 19.3 Å². The summed E-state index contributed by atoms with van der Waals surface area (Å²) in [6, 6.07) is 10.6. The molecule has 1 aliphatic rings. The van der Waals surface area contributed by atoms with Crippen molar-refractivity contribution in [3.05, 3.63) is 64.1 Å². The maximum absolute atomic E-state index is 12.4. The Kier molecular flexibility index (Phi) is 4.66. The molecule has 2 aromatic rings. The maximum atomic E-state index is 12.4. The Morgan fingerprint density at radius 2 is 2.00 bits per heavy atom. The minimum atomic E-state index is -0.466. The van der Waals surface area contributed by atoms with Crippen molar-refractivity contribution in [3.8, 4) is 5.75 Å². The van der Waals surface area contributed by atoms with Crippen molar-refractivity contribution in [1.29, 1.82) is 0 Å². The Morgan fingerprint density at radius 1 is 1.29 bits per heavy atom. The van der Waals surface area contributed by atoms with Crippen LogP contribution in [0.4, 0.5) is 0 Å². The van der Waals surface area contributed by atoms with Crippen molar-refractivity contribution in [2.45, 2.75) is 31.4 Å². The van der Waals surface area contributed by atoms with E-state index in [0.717, 1.165) is 11.6 Å². The molecule has 3 rings (SSSR count). The summed E-state index contributed by atoms with van der Waals surface area (Å²) in [6.45, 7) is 0. The van der Waals surface area contributed by atoms with Crippen molar-refractivity contribution in [1.82, 2.24) is 10.3 Å². The van der Waals surface area contributed by atoms with Gasteiger partial charge in [0.25, 0.3) is 11.5 Å². The third-order valence-corrected chi connectivity index (χ3v) is 4.48. The minimum absolute atomic E-state index is 0.0348. The highest BCUT2D eigenvalue weighted by atomic mass is 16.3. The van der Waals surface area contributed by atoms with Gasteiger partial charge in [-0.25, -0.2) is 0 Å². The van der Waals surface area contributed by atoms with Crippen molar-refractivity contribution < 1.29 is 15.0 Å². The summed E-state index contributed by atoms with van der Waals surface area (Å²) >= 11 is 0. The predicted octanol–water partition coefficient (Wildman–Crippen LogP) is 1.19. The SMILES string of the molecule is O=C(NC(Cc1ccccc1)C1CC(O)C1)c1c[nH]c(=O)cc1O. The van der Waals surface area contributed by atoms with Gasteiger partial charge in [0, 0.05) is 18.3 Å². The molecule has 6 nitrogen and oxygen atoms in total. The normalized spacial score (nSPS) is 20.9. The number of nitrogens with one attached hydrogen (secondary N) is 2. The lowest BCUT2D eigenvalue weighted by molar-refractivity contribution is 0.0239. The van der Waals surface area contributed by atoms with Crippen LogP contribution in [0.2, 0.25) is 0 Å². The van der Waals surface area contributed by atoms with Gasteiger partial charge in [0.1, 0.15) is 5.75 Å². The van der Waals surface area contributed by atoms with Crippen LogP contribution >= 0.6 is 0 Å². The first kappa shape index (κ1) is 16.3. The summed E-state index contributed by atoms with van der Waals surface area (Å²) in [7, 11) is 0. The predicted molar refractivity (Wildman–Crippen MR) is 88.9 cm³/mol. The fraction of sp³-hybridized carbons (Fsp3) is 0.333. The number of amides is 1. The highest BCUT2D eigenvalue weighted by Crippen LogP contribution is 2.32. The molecule has 1 atom stereocenters. The molecule has 0 bridgehead atoms. The van der Waals surface area contributed by atoms with E-state index in [9.17, 15) is 19.8 Å². The lowest BCUT2D eigenvalue weighted by Crippen LogP contribution is -2.48. The minimum Gasteiger partial charge on any atom is -0.507 e. The smallest absolute Gasteiger partial charge is 0.256 e. The average Bonchev–Trinajstić information content (AvgIpc) is 2.52. The molecule has 1 saturated carbocycles. The number of benzene rings is 1. The van der Waals surface area contributed by atoms with Crippen LogP contribution in [0.5, 0.6) is 5.75 Å². The zero-order valence-corrected chi connectivity index (χ0v) is 13.1. The molecule has 1 aromatic heterocycles. The number of aromatic nitrogens is 1. The highest BCUT2D eigenvalue weighted by Gasteiger charge is 2.35. The molecular formula is C18H20N2O4. The Hall–Kier alpha value is -2.60. The molecule has 6 heteroatoms. The van der Waals surface area contributed by atoms with Gasteiger partial charge in [-0.3, -0.25) is 9.59 Å². The first-order chi connectivity index (χ1) is 11.5. The summed E-state index contributed by atoms with van der Waals surface area (Å²) in [5.74, 6) is -0.594. The van der Waals surface area contributed by atoms with Gasteiger partial charge in [0.2, 0.25) is 0 Å². The number of aliphatic hydroxyl groups excluding tert-OH is 1. The fourth-order valence-corrected chi connectivity index (χ4v) is 3.05. The van der Waals surface area contributed by atoms with E-state index in [2.05, 4.69) is 10.3 Å². The lowest BCUT2D eigenvalue weighted by atomic mass is 9.75. The molecule has 1 amide bonds. The summed E-state index contributed by atoms with van der Waals surface area (Å²) in [5.41, 5.74) is 0.661. The van der Waals surface area contributed by atoms with Crippen molar-refractivity contribution in [2.75, 3.05) is 0 Å². The zero-order chi connectivity index (χ0) is 17.1. The zero-order valence-electron chi connectivity index (χ0n) is 13.1. The number of rotatable bonds is 5. The molecule has 126 valence electrons. The van der Waals surface area contributed by atoms with Crippen molar-refractivity contribution in [2.24, 2.45) is 5.92 Å². The highest BCUT2D eigenvalue weighted by molar-refractivity contribution is 5.96. The molecule has 4 N–H and O–H groups in total. The first-order valence-corrected chi connectivity index (χ1v) is 7.97. The van der Waals surface area contributed by atoms with E-state index in [1.165, 1.54) is 6.20 Å². The van der Waals surface area contributed by atoms with Crippen LogP contribution in [0.15, 0.2) is 47.4 Å². The third kappa shape index (κ3) is 3.65. The average molecular weight is 328 g/mol. The quantitative estimate of drug-likeness (QED) is 0.662. The van der Waals surface area contributed by atoms with E-state index >= 15 is 0 Å². The Labute approximate surface area is 139 Å². The number of H-pyrrole nitrogens is 1. The Balaban J connectivity index is 1.75. The van der Waals surface area contributed by atoms with Gasteiger partial charge in [0.05, 0.1) is 11.7 Å². The van der Waals surface area contributed by atoms with E-state index in [4.69, 9.17) is 0 Å². The molecule has 0 aliphatic heterocycles. The van der Waals surface area contributed by atoms with Gasteiger partial charge in [-0.15, -0.1) is 0 Å². The molecule has 24 heavy (non-hydrogen) atoms. The molecule has 1 heterocycles. The monoisotopic (exact) mass is 328 g/mol. The standard InChI is InChI=1S/C18H20N2O4/c21-13-7-12(8-13)15(6-11-4-2-1-3-5-11)20-18(24)14-10-19-17(23)9-16(14)22/h1-5,9-10,12-13,15,21H,6-8H2,(H,20,24)(H2,19,22,23). The number of aromatic hydroxyl groups is 1. The van der Waals surface area contributed by atoms with Crippen LogP contribution in [0.25, 0.3) is 0 Å². The molecule has 1 unspecified atom stereocenters. The second-order valence-corrected chi connectivity index (χ2v) is 6.25. The molecule has 1 fully saturated rings. The molecule has 0 spiro atoms. The molecular weight excluding hydrogens is 308 g/mol. The van der Waals surface area contributed by atoms with Crippen molar-refractivity contribution in [3.63, 3.8) is 0 Å². The topological polar surface area (TPSA) is 102 Å².